The molecule has 1 saturated heterocycles. The highest BCUT2D eigenvalue weighted by molar-refractivity contribution is 8.26. The lowest BCUT2D eigenvalue weighted by Crippen LogP contribution is -2.29. The summed E-state index contributed by atoms with van der Waals surface area (Å²) >= 11 is 6.63. The van der Waals surface area contributed by atoms with E-state index in [-0.39, 0.29) is 18.9 Å². The van der Waals surface area contributed by atoms with Crippen molar-refractivity contribution in [1.82, 2.24) is 14.7 Å². The molecule has 0 bridgehead atoms. The fourth-order valence-corrected chi connectivity index (χ4v) is 5.12. The molecule has 3 aromatic rings. The first kappa shape index (κ1) is 25.7. The number of hydrogen-bond donors (Lipinski definition) is 1. The van der Waals surface area contributed by atoms with Gasteiger partial charge in [-0.25, -0.2) is 4.68 Å². The molecule has 4 rings (SSSR count). The molecule has 2 heterocycles. The fraction of sp³-hybridized carbons (Fsp3) is 0.259. The predicted molar refractivity (Wildman–Crippen MR) is 146 cm³/mol. The summed E-state index contributed by atoms with van der Waals surface area (Å²) in [7, 11) is 0. The Morgan fingerprint density at radius 1 is 1.22 bits per heavy atom. The number of thioether (sulfide) groups is 1. The summed E-state index contributed by atoms with van der Waals surface area (Å²) in [5.41, 5.74) is 4.34. The van der Waals surface area contributed by atoms with Gasteiger partial charge in [-0.15, -0.1) is 0 Å². The molecule has 0 atom stereocenters. The maximum absolute atomic E-state index is 13.1. The van der Waals surface area contributed by atoms with Crippen molar-refractivity contribution in [2.75, 3.05) is 13.2 Å². The van der Waals surface area contributed by atoms with Gasteiger partial charge in [0.2, 0.25) is 0 Å². The summed E-state index contributed by atoms with van der Waals surface area (Å²) in [4.78, 5) is 25.9. The van der Waals surface area contributed by atoms with Crippen molar-refractivity contribution in [2.45, 2.75) is 33.1 Å². The average Bonchev–Trinajstić information content (AvgIpc) is 3.40. The highest BCUT2D eigenvalue weighted by Gasteiger charge is 2.32. The van der Waals surface area contributed by atoms with Gasteiger partial charge in [-0.3, -0.25) is 14.5 Å². The maximum atomic E-state index is 13.1. The Morgan fingerprint density at radius 3 is 2.69 bits per heavy atom. The van der Waals surface area contributed by atoms with Crippen LogP contribution < -0.4 is 4.74 Å². The predicted octanol–water partition coefficient (Wildman–Crippen LogP) is 5.70. The molecular weight excluding hydrogens is 494 g/mol. The molecule has 1 fully saturated rings. The number of aliphatic carboxylic acids is 1. The Kier molecular flexibility index (Phi) is 8.22. The summed E-state index contributed by atoms with van der Waals surface area (Å²) in [5, 5.41) is 13.8. The van der Waals surface area contributed by atoms with Gasteiger partial charge in [0.1, 0.15) is 15.8 Å². The van der Waals surface area contributed by atoms with Crippen LogP contribution in [0.3, 0.4) is 0 Å². The number of carboxylic acid groups (broad SMARTS) is 1. The Morgan fingerprint density at radius 2 is 2.00 bits per heavy atom. The second-order valence-corrected chi connectivity index (χ2v) is 10.0. The van der Waals surface area contributed by atoms with Gasteiger partial charge in [0.15, 0.2) is 0 Å². The van der Waals surface area contributed by atoms with Crippen LogP contribution in [0.1, 0.15) is 37.3 Å². The normalized spacial score (nSPS) is 14.6. The van der Waals surface area contributed by atoms with Gasteiger partial charge in [0, 0.05) is 30.3 Å². The first-order valence-electron chi connectivity index (χ1n) is 11.7. The molecule has 0 unspecified atom stereocenters. The van der Waals surface area contributed by atoms with Gasteiger partial charge in [0.25, 0.3) is 5.91 Å². The minimum Gasteiger partial charge on any atom is -0.493 e. The zero-order chi connectivity index (χ0) is 25.7. The van der Waals surface area contributed by atoms with Crippen LogP contribution in [-0.2, 0) is 9.59 Å². The fourth-order valence-electron chi connectivity index (χ4n) is 3.82. The van der Waals surface area contributed by atoms with Gasteiger partial charge in [-0.05, 0) is 61.7 Å². The van der Waals surface area contributed by atoms with E-state index >= 15 is 0 Å². The molecule has 2 aromatic carbocycles. The lowest BCUT2D eigenvalue weighted by Gasteiger charge is -2.13. The zero-order valence-electron chi connectivity index (χ0n) is 20.1. The highest BCUT2D eigenvalue weighted by Crippen LogP contribution is 2.36. The van der Waals surface area contributed by atoms with Crippen LogP contribution in [-0.4, -0.2) is 49.1 Å². The number of thiocarbonyl (C=S) groups is 1. The van der Waals surface area contributed by atoms with Crippen LogP contribution in [0.4, 0.5) is 0 Å². The number of ether oxygens (including phenoxy) is 1. The standard InChI is InChI=1S/C27H27N3O4S2/c1-3-14-34-22-12-11-19(15-18(22)2)25-20(17-30(28-25)21-8-5-4-6-9-21)16-23-26(33)29(27(35)36-23)13-7-10-24(31)32/h4-6,8-9,11-12,15-17H,3,7,10,13-14H2,1-2H3,(H,31,32)/b23-16+. The summed E-state index contributed by atoms with van der Waals surface area (Å²) < 4.78 is 8.06. The Hall–Kier alpha value is -3.43. The van der Waals surface area contributed by atoms with Crippen LogP contribution in [0.2, 0.25) is 0 Å². The van der Waals surface area contributed by atoms with Crippen molar-refractivity contribution >= 4 is 46.3 Å². The number of carbonyl (C=O) groups is 2. The lowest BCUT2D eigenvalue weighted by molar-refractivity contribution is -0.137. The van der Waals surface area contributed by atoms with Crippen LogP contribution in [0.15, 0.2) is 59.6 Å². The number of carboxylic acids is 1. The van der Waals surface area contributed by atoms with Crippen LogP contribution in [0.25, 0.3) is 23.0 Å². The largest absolute Gasteiger partial charge is 0.493 e. The van der Waals surface area contributed by atoms with E-state index in [1.165, 1.54) is 16.7 Å². The second-order valence-electron chi connectivity index (χ2n) is 8.37. The number of carbonyl (C=O) groups excluding carboxylic acids is 1. The third-order valence-corrected chi connectivity index (χ3v) is 6.98. The van der Waals surface area contributed by atoms with E-state index < -0.39 is 5.97 Å². The summed E-state index contributed by atoms with van der Waals surface area (Å²) in [6.07, 6.45) is 4.98. The Labute approximate surface area is 219 Å². The maximum Gasteiger partial charge on any atom is 0.303 e. The molecule has 36 heavy (non-hydrogen) atoms. The quantitative estimate of drug-likeness (QED) is 0.270. The van der Waals surface area contributed by atoms with Crippen LogP contribution in [0, 0.1) is 6.92 Å². The first-order chi connectivity index (χ1) is 17.4. The van der Waals surface area contributed by atoms with E-state index in [2.05, 4.69) is 6.92 Å². The highest BCUT2D eigenvalue weighted by atomic mass is 32.2. The van der Waals surface area contributed by atoms with Crippen LogP contribution >= 0.6 is 24.0 Å². The van der Waals surface area contributed by atoms with Crippen LogP contribution in [0.5, 0.6) is 5.75 Å². The van der Waals surface area contributed by atoms with E-state index in [1.807, 2.05) is 67.7 Å². The van der Waals surface area contributed by atoms with E-state index in [0.29, 0.717) is 22.3 Å². The number of nitrogens with zero attached hydrogens (tertiary/aromatic N) is 3. The number of para-hydroxylation sites is 1. The van der Waals surface area contributed by atoms with Crippen molar-refractivity contribution in [3.8, 4) is 22.7 Å². The molecule has 0 spiro atoms. The van der Waals surface area contributed by atoms with Crippen molar-refractivity contribution in [3.05, 3.63) is 70.8 Å². The number of aryl methyl sites for hydroxylation is 1. The minimum atomic E-state index is -0.893. The molecule has 1 aromatic heterocycles. The number of hydrogen-bond acceptors (Lipinski definition) is 6. The number of amides is 1. The molecule has 0 radical (unpaired) electrons. The number of benzene rings is 2. The molecule has 1 aliphatic heterocycles. The molecule has 186 valence electrons. The Bertz CT molecular complexity index is 1320. The minimum absolute atomic E-state index is 0.0125. The van der Waals surface area contributed by atoms with E-state index in [9.17, 15) is 9.59 Å². The number of aromatic nitrogens is 2. The first-order valence-corrected chi connectivity index (χ1v) is 13.0. The van der Waals surface area contributed by atoms with Gasteiger partial charge < -0.3 is 9.84 Å². The SMILES string of the molecule is CCCOc1ccc(-c2nn(-c3ccccc3)cc2/C=C2/SC(=S)N(CCCC(=O)O)C2=O)cc1C. The molecular formula is C27H27N3O4S2. The molecule has 1 amide bonds. The monoisotopic (exact) mass is 521 g/mol. The number of rotatable bonds is 10. The topological polar surface area (TPSA) is 84.7 Å². The van der Waals surface area contributed by atoms with Gasteiger partial charge in [-0.1, -0.05) is 49.1 Å². The second kappa shape index (κ2) is 11.5. The van der Waals surface area contributed by atoms with Crippen molar-refractivity contribution in [3.63, 3.8) is 0 Å². The molecule has 1 N–H and O–H groups in total. The molecule has 0 aliphatic carbocycles. The smallest absolute Gasteiger partial charge is 0.303 e. The van der Waals surface area contributed by atoms with E-state index in [1.54, 1.807) is 4.68 Å². The summed E-state index contributed by atoms with van der Waals surface area (Å²) in [6.45, 7) is 5.01. The molecule has 0 saturated carbocycles. The van der Waals surface area contributed by atoms with Gasteiger partial charge in [0.05, 0.1) is 17.2 Å². The zero-order valence-corrected chi connectivity index (χ0v) is 21.8. The molecule has 1 aliphatic rings. The summed E-state index contributed by atoms with van der Waals surface area (Å²) in [6, 6.07) is 15.7. The van der Waals surface area contributed by atoms with Gasteiger partial charge >= 0.3 is 5.97 Å². The van der Waals surface area contributed by atoms with Crippen molar-refractivity contribution in [2.24, 2.45) is 0 Å². The third-order valence-electron chi connectivity index (χ3n) is 5.61. The van der Waals surface area contributed by atoms with E-state index in [4.69, 9.17) is 27.2 Å². The van der Waals surface area contributed by atoms with Crippen molar-refractivity contribution in [1.29, 1.82) is 0 Å². The van der Waals surface area contributed by atoms with Gasteiger partial charge in [-0.2, -0.15) is 5.10 Å². The summed E-state index contributed by atoms with van der Waals surface area (Å²) in [5.74, 6) is -0.268. The average molecular weight is 522 g/mol. The molecule has 9 heteroatoms. The third kappa shape index (κ3) is 5.85. The van der Waals surface area contributed by atoms with Crippen molar-refractivity contribution < 1.29 is 19.4 Å². The molecule has 7 nitrogen and oxygen atoms in total. The lowest BCUT2D eigenvalue weighted by atomic mass is 10.0. The Balaban J connectivity index is 1.70. The van der Waals surface area contributed by atoms with E-state index in [0.717, 1.165) is 40.2 Å².